The molecule has 0 unspecified atom stereocenters. The quantitative estimate of drug-likeness (QED) is 0.241. The van der Waals surface area contributed by atoms with Gasteiger partial charge in [0.15, 0.2) is 11.5 Å². The third-order valence-electron chi connectivity index (χ3n) is 5.29. The number of halogens is 2. The average molecular weight is 583 g/mol. The van der Waals surface area contributed by atoms with Gasteiger partial charge >= 0.3 is 6.03 Å². The van der Waals surface area contributed by atoms with Crippen LogP contribution in [-0.2, 0) is 17.9 Å². The zero-order valence-electron chi connectivity index (χ0n) is 18.5. The van der Waals surface area contributed by atoms with E-state index in [1.54, 1.807) is 30.3 Å². The second-order valence-corrected chi connectivity index (χ2v) is 8.76. The number of hydrogen-bond acceptors (Lipinski definition) is 5. The van der Waals surface area contributed by atoms with Crippen molar-refractivity contribution >= 4 is 40.6 Å². The van der Waals surface area contributed by atoms with E-state index in [0.29, 0.717) is 28.2 Å². The van der Waals surface area contributed by atoms with Crippen LogP contribution < -0.4 is 14.8 Å². The van der Waals surface area contributed by atoms with E-state index in [-0.39, 0.29) is 18.8 Å². The lowest BCUT2D eigenvalue weighted by Gasteiger charge is -2.14. The molecule has 1 fully saturated rings. The number of imide groups is 1. The lowest BCUT2D eigenvalue weighted by Crippen LogP contribution is -2.30. The highest BCUT2D eigenvalue weighted by Gasteiger charge is 2.33. The molecule has 35 heavy (non-hydrogen) atoms. The minimum absolute atomic E-state index is 0.0279. The first-order valence-electron chi connectivity index (χ1n) is 10.5. The number of amides is 3. The molecule has 1 aliphatic heterocycles. The molecule has 0 spiro atoms. The first-order valence-corrected chi connectivity index (χ1v) is 11.5. The molecule has 3 aromatic carbocycles. The van der Waals surface area contributed by atoms with Crippen molar-refractivity contribution in [1.82, 2.24) is 10.2 Å². The smallest absolute Gasteiger partial charge is 0.329 e. The largest absolute Gasteiger partial charge is 0.493 e. The van der Waals surface area contributed by atoms with Crippen molar-refractivity contribution in [2.45, 2.75) is 13.2 Å². The highest BCUT2D eigenvalue weighted by atomic mass is 127. The number of nitrogens with zero attached hydrogens (tertiary/aromatic N) is 2. The molecule has 7 nitrogen and oxygen atoms in total. The van der Waals surface area contributed by atoms with Crippen molar-refractivity contribution in [2.75, 3.05) is 7.11 Å². The summed E-state index contributed by atoms with van der Waals surface area (Å²) in [6, 6.07) is 17.9. The Hall–Kier alpha value is -3.91. The molecular weight excluding hydrogens is 564 g/mol. The van der Waals surface area contributed by atoms with Crippen LogP contribution in [0.25, 0.3) is 6.08 Å². The first kappa shape index (κ1) is 24.2. The van der Waals surface area contributed by atoms with Crippen LogP contribution in [-0.4, -0.2) is 23.9 Å². The number of ether oxygens (including phenoxy) is 2. The fourth-order valence-electron chi connectivity index (χ4n) is 3.52. The van der Waals surface area contributed by atoms with E-state index >= 15 is 0 Å². The van der Waals surface area contributed by atoms with Gasteiger partial charge in [-0.05, 0) is 70.1 Å². The molecule has 176 valence electrons. The summed E-state index contributed by atoms with van der Waals surface area (Å²) >= 11 is 2.10. The van der Waals surface area contributed by atoms with Gasteiger partial charge in [-0.2, -0.15) is 5.26 Å². The number of nitrogens with one attached hydrogen (secondary N) is 1. The second-order valence-electron chi connectivity index (χ2n) is 7.60. The molecular formula is C26H19FIN3O4. The van der Waals surface area contributed by atoms with Crippen LogP contribution in [0.3, 0.4) is 0 Å². The van der Waals surface area contributed by atoms with E-state index in [9.17, 15) is 19.2 Å². The molecule has 3 amide bonds. The zero-order chi connectivity index (χ0) is 24.9. The van der Waals surface area contributed by atoms with Crippen molar-refractivity contribution < 1.29 is 23.5 Å². The molecule has 1 N–H and O–H groups in total. The Kier molecular flexibility index (Phi) is 7.31. The van der Waals surface area contributed by atoms with E-state index in [0.717, 1.165) is 14.0 Å². The summed E-state index contributed by atoms with van der Waals surface area (Å²) in [5, 5.41) is 11.9. The molecule has 0 aliphatic carbocycles. The predicted molar refractivity (Wildman–Crippen MR) is 135 cm³/mol. The topological polar surface area (TPSA) is 91.7 Å². The molecule has 4 rings (SSSR count). The standard InChI is InChI=1S/C26H19FIN3O4/c1-34-23-12-17(10-21(28)24(23)35-15-19-5-3-2-4-18(19)13-29)11-22-25(32)31(26(33)30-22)14-16-6-8-20(27)9-7-16/h2-12H,14-15H2,1H3,(H,30,33)/b22-11+. The van der Waals surface area contributed by atoms with Crippen LogP contribution in [0.5, 0.6) is 11.5 Å². The number of methoxy groups -OCH3 is 1. The third-order valence-corrected chi connectivity index (χ3v) is 6.09. The van der Waals surface area contributed by atoms with Gasteiger partial charge in [-0.1, -0.05) is 30.3 Å². The van der Waals surface area contributed by atoms with Crippen LogP contribution in [0.15, 0.2) is 66.4 Å². The summed E-state index contributed by atoms with van der Waals surface area (Å²) in [5.74, 6) is 0.0689. The van der Waals surface area contributed by atoms with Crippen LogP contribution in [0, 0.1) is 20.7 Å². The lowest BCUT2D eigenvalue weighted by molar-refractivity contribution is -0.123. The summed E-state index contributed by atoms with van der Waals surface area (Å²) < 4.78 is 25.3. The Morgan fingerprint density at radius 2 is 1.89 bits per heavy atom. The number of hydrogen-bond donors (Lipinski definition) is 1. The number of urea groups is 1. The normalized spacial score (nSPS) is 14.1. The molecule has 0 bridgehead atoms. The fraction of sp³-hybridized carbons (Fsp3) is 0.115. The summed E-state index contributed by atoms with van der Waals surface area (Å²) in [6.45, 7) is 0.212. The number of carbonyl (C=O) groups is 2. The Bertz CT molecular complexity index is 1370. The van der Waals surface area contributed by atoms with Gasteiger partial charge in [0.25, 0.3) is 5.91 Å². The molecule has 0 saturated carbocycles. The van der Waals surface area contributed by atoms with Gasteiger partial charge in [-0.3, -0.25) is 9.69 Å². The number of rotatable bonds is 7. The zero-order valence-corrected chi connectivity index (χ0v) is 20.7. The molecule has 9 heteroatoms. The van der Waals surface area contributed by atoms with Gasteiger partial charge in [0.2, 0.25) is 0 Å². The Labute approximate surface area is 214 Å². The monoisotopic (exact) mass is 583 g/mol. The highest BCUT2D eigenvalue weighted by molar-refractivity contribution is 14.1. The maximum absolute atomic E-state index is 13.1. The lowest BCUT2D eigenvalue weighted by atomic mass is 10.1. The number of nitriles is 1. The average Bonchev–Trinajstić information content (AvgIpc) is 3.11. The van der Waals surface area contributed by atoms with Crippen molar-refractivity contribution in [2.24, 2.45) is 0 Å². The molecule has 1 saturated heterocycles. The van der Waals surface area contributed by atoms with E-state index in [2.05, 4.69) is 34.0 Å². The molecule has 1 heterocycles. The van der Waals surface area contributed by atoms with Gasteiger partial charge in [0.05, 0.1) is 28.9 Å². The first-order chi connectivity index (χ1) is 16.9. The summed E-state index contributed by atoms with van der Waals surface area (Å²) in [5.41, 5.74) is 2.66. The van der Waals surface area contributed by atoms with Crippen LogP contribution in [0.2, 0.25) is 0 Å². The van der Waals surface area contributed by atoms with Crippen molar-refractivity contribution in [3.05, 3.63) is 98.0 Å². The van der Waals surface area contributed by atoms with Gasteiger partial charge < -0.3 is 14.8 Å². The van der Waals surface area contributed by atoms with Gasteiger partial charge in [-0.15, -0.1) is 0 Å². The van der Waals surface area contributed by atoms with Gasteiger partial charge in [-0.25, -0.2) is 9.18 Å². The minimum Gasteiger partial charge on any atom is -0.493 e. The predicted octanol–water partition coefficient (Wildman–Crippen LogP) is 4.98. The molecule has 1 aliphatic rings. The van der Waals surface area contributed by atoms with Crippen molar-refractivity contribution in [3.8, 4) is 17.6 Å². The van der Waals surface area contributed by atoms with Gasteiger partial charge in [0.1, 0.15) is 18.1 Å². The molecule has 0 atom stereocenters. The maximum atomic E-state index is 13.1. The van der Waals surface area contributed by atoms with E-state index in [4.69, 9.17) is 9.47 Å². The Balaban J connectivity index is 1.54. The SMILES string of the molecule is COc1cc(/C=C2/NC(=O)N(Cc3ccc(F)cc3)C2=O)cc(I)c1OCc1ccccc1C#N. The second kappa shape index (κ2) is 10.6. The minimum atomic E-state index is -0.552. The Morgan fingerprint density at radius 3 is 2.60 bits per heavy atom. The van der Waals surface area contributed by atoms with E-state index in [1.807, 2.05) is 12.1 Å². The molecule has 0 aromatic heterocycles. The number of carbonyl (C=O) groups excluding carboxylic acids is 2. The third kappa shape index (κ3) is 5.44. The number of benzene rings is 3. The molecule has 3 aromatic rings. The maximum Gasteiger partial charge on any atom is 0.329 e. The van der Waals surface area contributed by atoms with Crippen LogP contribution in [0.4, 0.5) is 9.18 Å². The van der Waals surface area contributed by atoms with Crippen molar-refractivity contribution in [3.63, 3.8) is 0 Å². The summed E-state index contributed by atoms with van der Waals surface area (Å²) in [7, 11) is 1.51. The van der Waals surface area contributed by atoms with Gasteiger partial charge in [0, 0.05) is 5.56 Å². The molecule has 0 radical (unpaired) electrons. The van der Waals surface area contributed by atoms with E-state index < -0.39 is 17.8 Å². The van der Waals surface area contributed by atoms with E-state index in [1.165, 1.54) is 31.4 Å². The fourth-order valence-corrected chi connectivity index (χ4v) is 4.30. The summed E-state index contributed by atoms with van der Waals surface area (Å²) in [4.78, 5) is 26.3. The van der Waals surface area contributed by atoms with Crippen LogP contribution in [0.1, 0.15) is 22.3 Å². The summed E-state index contributed by atoms with van der Waals surface area (Å²) in [6.07, 6.45) is 1.56. The highest BCUT2D eigenvalue weighted by Crippen LogP contribution is 2.35. The van der Waals surface area contributed by atoms with Crippen LogP contribution >= 0.6 is 22.6 Å². The van der Waals surface area contributed by atoms with Crippen molar-refractivity contribution in [1.29, 1.82) is 5.26 Å². The Morgan fingerprint density at radius 1 is 1.14 bits per heavy atom.